The third-order valence-corrected chi connectivity index (χ3v) is 6.45. The van der Waals surface area contributed by atoms with Crippen molar-refractivity contribution in [1.29, 1.82) is 0 Å². The Morgan fingerprint density at radius 3 is 2.40 bits per heavy atom. The van der Waals surface area contributed by atoms with Crippen molar-refractivity contribution in [2.24, 2.45) is 0 Å². The third-order valence-electron chi connectivity index (χ3n) is 5.05. The van der Waals surface area contributed by atoms with E-state index < -0.39 is 21.3 Å². The van der Waals surface area contributed by atoms with Gasteiger partial charge >= 0.3 is 0 Å². The average molecular weight is 360 g/mol. The number of carbonyl (C=O) groups excluding carboxylic acids is 1. The smallest absolute Gasteiger partial charge is 0.261 e. The first-order valence-electron chi connectivity index (χ1n) is 8.15. The number of benzene rings is 2. The van der Waals surface area contributed by atoms with E-state index in [9.17, 15) is 17.6 Å². The summed E-state index contributed by atoms with van der Waals surface area (Å²) in [5.41, 5.74) is 1.46. The van der Waals surface area contributed by atoms with Crippen LogP contribution in [0.4, 0.5) is 15.8 Å². The predicted octanol–water partition coefficient (Wildman–Crippen LogP) is 3.39. The Kier molecular flexibility index (Phi) is 3.57. The molecule has 130 valence electrons. The Morgan fingerprint density at radius 2 is 1.72 bits per heavy atom. The molecule has 1 aliphatic heterocycles. The Balaban J connectivity index is 1.68. The third kappa shape index (κ3) is 2.59. The van der Waals surface area contributed by atoms with Crippen LogP contribution in [0.2, 0.25) is 0 Å². The summed E-state index contributed by atoms with van der Waals surface area (Å²) in [7, 11) is -3.82. The summed E-state index contributed by atoms with van der Waals surface area (Å²) in [5, 5.41) is 2.90. The summed E-state index contributed by atoms with van der Waals surface area (Å²) < 4.78 is 40.5. The largest absolute Gasteiger partial charge is 0.325 e. The zero-order valence-electron chi connectivity index (χ0n) is 13.4. The molecular formula is C18H17FN2O3S. The van der Waals surface area contributed by atoms with E-state index in [-0.39, 0.29) is 10.8 Å². The summed E-state index contributed by atoms with van der Waals surface area (Å²) in [6.07, 6.45) is 3.52. The second kappa shape index (κ2) is 5.56. The SMILES string of the molecule is O=C1Nc2ccc(NS(=O)(=O)c3ccc(F)cc3)cc2C12CCCC2. The Hall–Kier alpha value is -2.41. The number of hydrogen-bond donors (Lipinski definition) is 2. The Morgan fingerprint density at radius 1 is 1.04 bits per heavy atom. The molecule has 1 amide bonds. The van der Waals surface area contributed by atoms with Crippen molar-refractivity contribution in [3.8, 4) is 0 Å². The molecule has 1 spiro atoms. The van der Waals surface area contributed by atoms with Crippen LogP contribution in [0.15, 0.2) is 47.4 Å². The van der Waals surface area contributed by atoms with Gasteiger partial charge in [-0.2, -0.15) is 0 Å². The number of sulfonamides is 1. The van der Waals surface area contributed by atoms with Gasteiger partial charge < -0.3 is 5.32 Å². The number of rotatable bonds is 3. The van der Waals surface area contributed by atoms with Crippen LogP contribution in [0.25, 0.3) is 0 Å². The van der Waals surface area contributed by atoms with Crippen molar-refractivity contribution in [2.45, 2.75) is 36.0 Å². The fraction of sp³-hybridized carbons (Fsp3) is 0.278. The van der Waals surface area contributed by atoms with Crippen LogP contribution in [0.5, 0.6) is 0 Å². The predicted molar refractivity (Wildman–Crippen MR) is 92.4 cm³/mol. The van der Waals surface area contributed by atoms with Crippen LogP contribution in [0, 0.1) is 5.82 Å². The van der Waals surface area contributed by atoms with Crippen LogP contribution in [0.1, 0.15) is 31.2 Å². The minimum atomic E-state index is -3.82. The summed E-state index contributed by atoms with van der Waals surface area (Å²) in [6.45, 7) is 0. The lowest BCUT2D eigenvalue weighted by molar-refractivity contribution is -0.120. The van der Waals surface area contributed by atoms with Crippen LogP contribution in [0.3, 0.4) is 0 Å². The zero-order valence-corrected chi connectivity index (χ0v) is 14.2. The summed E-state index contributed by atoms with van der Waals surface area (Å²) in [6, 6.07) is 9.72. The summed E-state index contributed by atoms with van der Waals surface area (Å²) >= 11 is 0. The molecule has 0 unspecified atom stereocenters. The van der Waals surface area contributed by atoms with Gasteiger partial charge in [0.2, 0.25) is 5.91 Å². The fourth-order valence-corrected chi connectivity index (χ4v) is 4.83. The number of anilines is 2. The van der Waals surface area contributed by atoms with Gasteiger partial charge in [0.1, 0.15) is 5.82 Å². The minimum Gasteiger partial charge on any atom is -0.325 e. The molecular weight excluding hydrogens is 343 g/mol. The van der Waals surface area contributed by atoms with E-state index in [0.717, 1.165) is 49.1 Å². The summed E-state index contributed by atoms with van der Waals surface area (Å²) in [5.74, 6) is -0.497. The highest BCUT2D eigenvalue weighted by Crippen LogP contribution is 2.49. The maximum Gasteiger partial charge on any atom is 0.261 e. The van der Waals surface area contributed by atoms with Crippen LogP contribution < -0.4 is 10.0 Å². The highest BCUT2D eigenvalue weighted by Gasteiger charge is 2.48. The Bertz CT molecular complexity index is 949. The van der Waals surface area contributed by atoms with Gasteiger partial charge in [0, 0.05) is 11.4 Å². The van der Waals surface area contributed by atoms with Gasteiger partial charge in [0.15, 0.2) is 0 Å². The fourth-order valence-electron chi connectivity index (χ4n) is 3.78. The molecule has 2 aromatic rings. The normalized spacial score (nSPS) is 18.2. The minimum absolute atomic E-state index is 0.00135. The highest BCUT2D eigenvalue weighted by molar-refractivity contribution is 7.92. The molecule has 0 atom stereocenters. The molecule has 0 bridgehead atoms. The van der Waals surface area contributed by atoms with Crippen LogP contribution in [-0.2, 0) is 20.2 Å². The first kappa shape index (κ1) is 16.1. The molecule has 0 aromatic heterocycles. The highest BCUT2D eigenvalue weighted by atomic mass is 32.2. The van der Waals surface area contributed by atoms with Gasteiger partial charge in [-0.05, 0) is 60.9 Å². The maximum absolute atomic E-state index is 13.0. The molecule has 1 fully saturated rings. The second-order valence-corrected chi connectivity index (χ2v) is 8.25. The lowest BCUT2D eigenvalue weighted by Crippen LogP contribution is -2.31. The van der Waals surface area contributed by atoms with Crippen molar-refractivity contribution in [3.05, 3.63) is 53.8 Å². The van der Waals surface area contributed by atoms with Crippen LogP contribution in [-0.4, -0.2) is 14.3 Å². The molecule has 1 aliphatic carbocycles. The van der Waals surface area contributed by atoms with Gasteiger partial charge in [0.05, 0.1) is 10.3 Å². The first-order valence-corrected chi connectivity index (χ1v) is 9.63. The maximum atomic E-state index is 13.0. The van der Waals surface area contributed by atoms with Crippen molar-refractivity contribution < 1.29 is 17.6 Å². The van der Waals surface area contributed by atoms with Gasteiger partial charge in [-0.1, -0.05) is 12.8 Å². The first-order chi connectivity index (χ1) is 11.9. The van der Waals surface area contributed by atoms with Crippen molar-refractivity contribution >= 4 is 27.3 Å². The number of hydrogen-bond acceptors (Lipinski definition) is 3. The monoisotopic (exact) mass is 360 g/mol. The van der Waals surface area contributed by atoms with E-state index in [1.165, 1.54) is 12.1 Å². The van der Waals surface area contributed by atoms with E-state index >= 15 is 0 Å². The lowest BCUT2D eigenvalue weighted by atomic mass is 9.80. The van der Waals surface area contributed by atoms with Crippen molar-refractivity contribution in [2.75, 3.05) is 10.0 Å². The van der Waals surface area contributed by atoms with Crippen LogP contribution >= 0.6 is 0 Å². The topological polar surface area (TPSA) is 75.3 Å². The van der Waals surface area contributed by atoms with E-state index in [2.05, 4.69) is 10.0 Å². The second-order valence-electron chi connectivity index (χ2n) is 6.56. The number of carbonyl (C=O) groups is 1. The standard InChI is InChI=1S/C18H17FN2O3S/c19-12-3-6-14(7-4-12)25(23,24)21-13-5-8-16-15(11-13)18(17(22)20-16)9-1-2-10-18/h3-8,11,21H,1-2,9-10H2,(H,20,22). The number of halogens is 1. The van der Waals surface area contributed by atoms with Gasteiger partial charge in [-0.3, -0.25) is 9.52 Å². The molecule has 2 N–H and O–H groups in total. The molecule has 0 saturated heterocycles. The van der Waals surface area contributed by atoms with Crippen molar-refractivity contribution in [3.63, 3.8) is 0 Å². The molecule has 1 heterocycles. The summed E-state index contributed by atoms with van der Waals surface area (Å²) in [4.78, 5) is 12.4. The molecule has 2 aromatic carbocycles. The van der Waals surface area contributed by atoms with E-state index in [1.807, 2.05) is 0 Å². The number of fused-ring (bicyclic) bond motifs is 2. The Labute approximate surface area is 145 Å². The average Bonchev–Trinajstić information content (AvgIpc) is 3.16. The molecule has 1 saturated carbocycles. The number of amides is 1. The quantitative estimate of drug-likeness (QED) is 0.881. The van der Waals surface area contributed by atoms with E-state index in [0.29, 0.717) is 5.69 Å². The molecule has 7 heteroatoms. The van der Waals surface area contributed by atoms with Gasteiger partial charge in [-0.15, -0.1) is 0 Å². The molecule has 4 rings (SSSR count). The zero-order chi connectivity index (χ0) is 17.7. The molecule has 0 radical (unpaired) electrons. The van der Waals surface area contributed by atoms with E-state index in [4.69, 9.17) is 0 Å². The van der Waals surface area contributed by atoms with Gasteiger partial charge in [0.25, 0.3) is 10.0 Å². The van der Waals surface area contributed by atoms with Gasteiger partial charge in [-0.25, -0.2) is 12.8 Å². The lowest BCUT2D eigenvalue weighted by Gasteiger charge is -2.21. The van der Waals surface area contributed by atoms with Crippen molar-refractivity contribution in [1.82, 2.24) is 0 Å². The molecule has 25 heavy (non-hydrogen) atoms. The number of nitrogens with one attached hydrogen (secondary N) is 2. The molecule has 2 aliphatic rings. The molecule has 5 nitrogen and oxygen atoms in total. The van der Waals surface area contributed by atoms with E-state index in [1.54, 1.807) is 18.2 Å².